The summed E-state index contributed by atoms with van der Waals surface area (Å²) in [5.41, 5.74) is 8.44. The van der Waals surface area contributed by atoms with Crippen molar-refractivity contribution in [1.29, 1.82) is 0 Å². The highest BCUT2D eigenvalue weighted by Crippen LogP contribution is 2.26. The minimum absolute atomic E-state index is 0.205. The van der Waals surface area contributed by atoms with Gasteiger partial charge in [-0.3, -0.25) is 4.79 Å². The molecule has 0 radical (unpaired) electrons. The number of halogens is 1. The molecule has 0 aliphatic heterocycles. The van der Waals surface area contributed by atoms with Crippen molar-refractivity contribution in [2.24, 2.45) is 11.7 Å². The van der Waals surface area contributed by atoms with Gasteiger partial charge in [-0.05, 0) is 77.7 Å². The van der Waals surface area contributed by atoms with Crippen molar-refractivity contribution in [3.8, 4) is 0 Å². The molecular weight excluding hydrogens is 475 g/mol. The normalized spacial score (nSPS) is 14.8. The van der Waals surface area contributed by atoms with Crippen LogP contribution in [-0.4, -0.2) is 10.9 Å². The largest absolute Gasteiger partial charge is 0.397 e. The van der Waals surface area contributed by atoms with E-state index in [0.717, 1.165) is 34.8 Å². The average molecular weight is 501 g/mol. The number of anilines is 2. The number of carbonyl (C=O) groups is 1. The lowest BCUT2D eigenvalue weighted by atomic mass is 9.89. The van der Waals surface area contributed by atoms with Crippen molar-refractivity contribution in [3.05, 3.63) is 57.8 Å². The van der Waals surface area contributed by atoms with Crippen molar-refractivity contribution >= 4 is 51.0 Å². The number of para-hydroxylation sites is 1. The number of nitrogens with two attached hydrogens (primary N) is 1. The third-order valence-electron chi connectivity index (χ3n) is 5.63. The summed E-state index contributed by atoms with van der Waals surface area (Å²) in [7, 11) is 0. The molecule has 2 aromatic carbocycles. The molecule has 1 aliphatic rings. The van der Waals surface area contributed by atoms with Crippen molar-refractivity contribution in [1.82, 2.24) is 4.98 Å². The lowest BCUT2D eigenvalue weighted by Gasteiger charge is -2.23. The van der Waals surface area contributed by atoms with Gasteiger partial charge in [0, 0.05) is 3.57 Å². The van der Waals surface area contributed by atoms with E-state index in [0.29, 0.717) is 5.92 Å². The van der Waals surface area contributed by atoms with Crippen LogP contribution in [0.2, 0.25) is 0 Å². The fourth-order valence-corrected chi connectivity index (χ4v) is 4.56. The molecule has 0 atom stereocenters. The second-order valence-corrected chi connectivity index (χ2v) is 9.03. The van der Waals surface area contributed by atoms with Crippen LogP contribution >= 0.6 is 22.6 Å². The number of hydrogen-bond donors (Lipinski definition) is 2. The monoisotopic (exact) mass is 501 g/mol. The zero-order valence-electron chi connectivity index (χ0n) is 16.4. The molecule has 1 fully saturated rings. The maximum absolute atomic E-state index is 11.9. The van der Waals surface area contributed by atoms with Gasteiger partial charge >= 0.3 is 5.95 Å². The molecule has 1 heterocycles. The van der Waals surface area contributed by atoms with Crippen LogP contribution in [0.5, 0.6) is 0 Å². The third-order valence-corrected chi connectivity index (χ3v) is 6.35. The maximum atomic E-state index is 11.9. The Morgan fingerprint density at radius 3 is 2.55 bits per heavy atom. The van der Waals surface area contributed by atoms with Crippen LogP contribution in [-0.2, 0) is 17.8 Å². The Bertz CT molecular complexity index is 1010. The fourth-order valence-electron chi connectivity index (χ4n) is 4.20. The van der Waals surface area contributed by atoms with Gasteiger partial charge in [-0.1, -0.05) is 36.4 Å². The molecule has 1 aliphatic carbocycles. The van der Waals surface area contributed by atoms with Crippen LogP contribution in [0, 0.1) is 9.49 Å². The number of nitrogens with zero attached hydrogens (tertiary/aromatic N) is 2. The smallest absolute Gasteiger partial charge is 0.369 e. The van der Waals surface area contributed by atoms with Gasteiger partial charge in [-0.2, -0.15) is 0 Å². The summed E-state index contributed by atoms with van der Waals surface area (Å²) in [6, 6.07) is 16.2. The van der Waals surface area contributed by atoms with E-state index in [9.17, 15) is 4.79 Å². The lowest BCUT2D eigenvalue weighted by Crippen LogP contribution is -2.46. The second kappa shape index (κ2) is 9.07. The summed E-state index contributed by atoms with van der Waals surface area (Å²) in [6.07, 6.45) is 6.52. The van der Waals surface area contributed by atoms with Crippen molar-refractivity contribution < 1.29 is 9.36 Å². The zero-order valence-corrected chi connectivity index (χ0v) is 18.6. The molecule has 0 unspecified atom stereocenters. The number of benzene rings is 2. The van der Waals surface area contributed by atoms with Gasteiger partial charge in [0.05, 0.1) is 29.7 Å². The van der Waals surface area contributed by atoms with Crippen molar-refractivity contribution in [3.63, 3.8) is 0 Å². The molecular formula is C23H26IN4O+. The SMILES string of the molecule is NC(=O)Cc1c2ccccc2nc(Nc2ccc(I)cc2)[n+]1CC1CCCCC1. The quantitative estimate of drug-likeness (QED) is 0.387. The van der Waals surface area contributed by atoms with Crippen LogP contribution < -0.4 is 15.6 Å². The Morgan fingerprint density at radius 2 is 1.83 bits per heavy atom. The first-order valence-electron chi connectivity index (χ1n) is 10.2. The van der Waals surface area contributed by atoms with Crippen LogP contribution in [0.1, 0.15) is 37.8 Å². The fraction of sp³-hybridized carbons (Fsp3) is 0.348. The summed E-state index contributed by atoms with van der Waals surface area (Å²) >= 11 is 2.30. The molecule has 3 N–H and O–H groups in total. The summed E-state index contributed by atoms with van der Waals surface area (Å²) in [4.78, 5) is 16.9. The second-order valence-electron chi connectivity index (χ2n) is 7.79. The summed E-state index contributed by atoms with van der Waals surface area (Å²) in [5, 5.41) is 4.49. The average Bonchev–Trinajstić information content (AvgIpc) is 2.72. The maximum Gasteiger partial charge on any atom is 0.397 e. The van der Waals surface area contributed by atoms with Crippen molar-refractivity contribution in [2.45, 2.75) is 45.1 Å². The Hall–Kier alpha value is -2.22. The molecule has 3 aromatic rings. The van der Waals surface area contributed by atoms with E-state index in [-0.39, 0.29) is 12.3 Å². The number of primary amides is 1. The Kier molecular flexibility index (Phi) is 6.28. The van der Waals surface area contributed by atoms with Crippen LogP contribution in [0.15, 0.2) is 48.5 Å². The van der Waals surface area contributed by atoms with Gasteiger partial charge in [0.25, 0.3) is 0 Å². The van der Waals surface area contributed by atoms with Gasteiger partial charge < -0.3 is 5.73 Å². The van der Waals surface area contributed by atoms with Gasteiger partial charge in [-0.15, -0.1) is 0 Å². The lowest BCUT2D eigenvalue weighted by molar-refractivity contribution is -0.697. The summed E-state index contributed by atoms with van der Waals surface area (Å²) in [5.74, 6) is 1.05. The number of fused-ring (bicyclic) bond motifs is 1. The molecule has 0 bridgehead atoms. The molecule has 0 saturated heterocycles. The van der Waals surface area contributed by atoms with E-state index in [4.69, 9.17) is 10.7 Å². The van der Waals surface area contributed by atoms with Gasteiger partial charge in [0.2, 0.25) is 5.91 Å². The number of amides is 1. The molecule has 6 heteroatoms. The molecule has 1 amide bonds. The summed E-state index contributed by atoms with van der Waals surface area (Å²) < 4.78 is 3.38. The van der Waals surface area contributed by atoms with E-state index in [2.05, 4.69) is 56.7 Å². The highest BCUT2D eigenvalue weighted by atomic mass is 127. The van der Waals surface area contributed by atoms with Crippen molar-refractivity contribution in [2.75, 3.05) is 5.32 Å². The molecule has 5 nitrogen and oxygen atoms in total. The van der Waals surface area contributed by atoms with Gasteiger partial charge in [-0.25, -0.2) is 9.88 Å². The molecule has 1 aromatic heterocycles. The van der Waals surface area contributed by atoms with E-state index in [1.54, 1.807) is 0 Å². The van der Waals surface area contributed by atoms with Gasteiger partial charge in [0.15, 0.2) is 5.52 Å². The first-order chi connectivity index (χ1) is 14.1. The molecule has 4 rings (SSSR count). The van der Waals surface area contributed by atoms with Crippen LogP contribution in [0.25, 0.3) is 10.9 Å². The number of nitrogens with one attached hydrogen (secondary N) is 1. The highest BCUT2D eigenvalue weighted by Gasteiger charge is 2.26. The molecule has 0 spiro atoms. The first-order valence-corrected chi connectivity index (χ1v) is 11.3. The van der Waals surface area contributed by atoms with Crippen LogP contribution in [0.3, 0.4) is 0 Å². The van der Waals surface area contributed by atoms with E-state index < -0.39 is 0 Å². The van der Waals surface area contributed by atoms with E-state index >= 15 is 0 Å². The minimum Gasteiger partial charge on any atom is -0.369 e. The van der Waals surface area contributed by atoms with E-state index in [1.165, 1.54) is 35.7 Å². The standard InChI is InChI=1S/C23H25IN4O/c24-17-10-12-18(13-11-17)26-23-27-20-9-5-4-8-19(20)21(14-22(25)29)28(23)15-16-6-2-1-3-7-16/h4-5,8-13,16H,1-3,6-7,14-15H2,(H2,25,29)/p+1. The predicted molar refractivity (Wildman–Crippen MR) is 124 cm³/mol. The first kappa shape index (κ1) is 20.1. The zero-order chi connectivity index (χ0) is 20.2. The Balaban J connectivity index is 1.82. The highest BCUT2D eigenvalue weighted by molar-refractivity contribution is 14.1. The minimum atomic E-state index is -0.320. The van der Waals surface area contributed by atoms with Crippen LogP contribution in [0.4, 0.5) is 11.6 Å². The number of hydrogen-bond acceptors (Lipinski definition) is 3. The Morgan fingerprint density at radius 1 is 1.10 bits per heavy atom. The topological polar surface area (TPSA) is 71.9 Å². The molecule has 150 valence electrons. The molecule has 1 saturated carbocycles. The number of carbonyl (C=O) groups excluding carboxylic acids is 1. The van der Waals surface area contributed by atoms with Gasteiger partial charge in [0.1, 0.15) is 0 Å². The number of aromatic nitrogens is 2. The molecule has 29 heavy (non-hydrogen) atoms. The third kappa shape index (κ3) is 4.86. The predicted octanol–water partition coefficient (Wildman–Crippen LogP) is 4.48. The Labute approximate surface area is 184 Å². The summed E-state index contributed by atoms with van der Waals surface area (Å²) in [6.45, 7) is 0.854. The van der Waals surface area contributed by atoms with E-state index in [1.807, 2.05) is 24.3 Å². The number of rotatable bonds is 6.